The zero-order valence-corrected chi connectivity index (χ0v) is 13.9. The number of hydrogen-bond acceptors (Lipinski definition) is 2. The quantitative estimate of drug-likeness (QED) is 0.588. The summed E-state index contributed by atoms with van der Waals surface area (Å²) in [6, 6.07) is 26.2. The van der Waals surface area contributed by atoms with Gasteiger partial charge in [-0.3, -0.25) is 0 Å². The minimum Gasteiger partial charge on any atom is -0.497 e. The van der Waals surface area contributed by atoms with Crippen molar-refractivity contribution in [2.24, 2.45) is 4.99 Å². The highest BCUT2D eigenvalue weighted by Crippen LogP contribution is 2.23. The van der Waals surface area contributed by atoms with E-state index in [-0.39, 0.29) is 0 Å². The Hall–Kier alpha value is -3.09. The highest BCUT2D eigenvalue weighted by atomic mass is 16.5. The number of aryl methyl sites for hydroxylation is 1. The molecule has 0 N–H and O–H groups in total. The van der Waals surface area contributed by atoms with Crippen LogP contribution in [0.15, 0.2) is 83.9 Å². The number of rotatable bonds is 4. The van der Waals surface area contributed by atoms with Gasteiger partial charge in [0.1, 0.15) is 5.75 Å². The van der Waals surface area contributed by atoms with E-state index in [0.29, 0.717) is 0 Å². The number of hydrogen-bond donors (Lipinski definition) is 0. The van der Waals surface area contributed by atoms with Gasteiger partial charge >= 0.3 is 0 Å². The van der Waals surface area contributed by atoms with E-state index >= 15 is 0 Å². The SMILES string of the molecule is COc1ccc(C(=C=Nc2ccc(C)cc2)c2ccccc2)cc1. The fraction of sp³-hybridized carbons (Fsp3) is 0.0909. The van der Waals surface area contributed by atoms with Crippen LogP contribution in [0.5, 0.6) is 5.75 Å². The molecule has 0 aliphatic carbocycles. The molecule has 118 valence electrons. The molecule has 0 aliphatic rings. The first kappa shape index (κ1) is 15.8. The molecule has 3 aromatic carbocycles. The predicted octanol–water partition coefficient (Wildman–Crippen LogP) is 5.44. The molecule has 0 saturated carbocycles. The minimum atomic E-state index is 0.835. The van der Waals surface area contributed by atoms with Crippen molar-refractivity contribution in [3.05, 3.63) is 95.6 Å². The van der Waals surface area contributed by atoms with Crippen molar-refractivity contribution in [1.29, 1.82) is 0 Å². The third kappa shape index (κ3) is 3.81. The zero-order valence-electron chi connectivity index (χ0n) is 13.9. The Labute approximate surface area is 142 Å². The molecular formula is C22H19NO. The maximum absolute atomic E-state index is 5.24. The Kier molecular flexibility index (Phi) is 4.90. The van der Waals surface area contributed by atoms with Crippen LogP contribution < -0.4 is 4.74 Å². The number of methoxy groups -OCH3 is 1. The lowest BCUT2D eigenvalue weighted by atomic mass is 9.99. The number of aliphatic imine (C=N–C) groups is 1. The van der Waals surface area contributed by atoms with E-state index in [2.05, 4.69) is 42.1 Å². The van der Waals surface area contributed by atoms with E-state index in [4.69, 9.17) is 4.74 Å². The molecule has 0 amide bonds. The van der Waals surface area contributed by atoms with Crippen molar-refractivity contribution in [3.63, 3.8) is 0 Å². The molecule has 0 aromatic heterocycles. The van der Waals surface area contributed by atoms with Crippen molar-refractivity contribution in [2.75, 3.05) is 7.11 Å². The van der Waals surface area contributed by atoms with E-state index in [1.807, 2.05) is 54.6 Å². The van der Waals surface area contributed by atoms with Crippen molar-refractivity contribution < 1.29 is 4.74 Å². The summed E-state index contributed by atoms with van der Waals surface area (Å²) < 4.78 is 5.24. The standard InChI is InChI=1S/C22H19NO/c1-17-8-12-20(13-9-17)23-16-22(18-6-4-3-5-7-18)19-10-14-21(24-2)15-11-19/h3-15H,1-2H3. The zero-order chi connectivity index (χ0) is 16.8. The van der Waals surface area contributed by atoms with Crippen LogP contribution >= 0.6 is 0 Å². The van der Waals surface area contributed by atoms with Gasteiger partial charge < -0.3 is 4.74 Å². The van der Waals surface area contributed by atoms with Crippen LogP contribution in [-0.4, -0.2) is 13.0 Å². The van der Waals surface area contributed by atoms with Crippen LogP contribution in [0.3, 0.4) is 0 Å². The van der Waals surface area contributed by atoms with Gasteiger partial charge in [-0.15, -0.1) is 0 Å². The Morgan fingerprint density at radius 2 is 1.42 bits per heavy atom. The van der Waals surface area contributed by atoms with Gasteiger partial charge in [0.15, 0.2) is 0 Å². The first-order valence-corrected chi connectivity index (χ1v) is 7.86. The van der Waals surface area contributed by atoms with E-state index in [1.54, 1.807) is 7.11 Å². The van der Waals surface area contributed by atoms with Crippen molar-refractivity contribution in [2.45, 2.75) is 6.92 Å². The molecule has 0 bridgehead atoms. The molecule has 3 aromatic rings. The maximum Gasteiger partial charge on any atom is 0.118 e. The highest BCUT2D eigenvalue weighted by Gasteiger charge is 2.05. The Balaban J connectivity index is 2.07. The summed E-state index contributed by atoms with van der Waals surface area (Å²) in [5.41, 5.74) is 5.20. The lowest BCUT2D eigenvalue weighted by Gasteiger charge is -2.06. The maximum atomic E-state index is 5.24. The summed E-state index contributed by atoms with van der Waals surface area (Å²) in [7, 11) is 1.67. The molecule has 0 fully saturated rings. The first-order valence-electron chi connectivity index (χ1n) is 7.86. The normalized spacial score (nSPS) is 9.92. The van der Waals surface area contributed by atoms with Crippen LogP contribution in [0.1, 0.15) is 16.7 Å². The van der Waals surface area contributed by atoms with Gasteiger partial charge in [-0.2, -0.15) is 0 Å². The third-order valence-corrected chi connectivity index (χ3v) is 3.77. The summed E-state index contributed by atoms with van der Waals surface area (Å²) in [4.78, 5) is 4.52. The van der Waals surface area contributed by atoms with Crippen LogP contribution in [0.25, 0.3) is 5.57 Å². The predicted molar refractivity (Wildman–Crippen MR) is 100 cm³/mol. The van der Waals surface area contributed by atoms with Crippen LogP contribution in [0.4, 0.5) is 5.69 Å². The molecule has 2 heteroatoms. The molecule has 0 radical (unpaired) electrons. The summed E-state index contributed by atoms with van der Waals surface area (Å²) in [5.74, 6) is 4.06. The van der Waals surface area contributed by atoms with Crippen LogP contribution in [0, 0.1) is 6.92 Å². The molecule has 0 unspecified atom stereocenters. The number of ether oxygens (including phenoxy) is 1. The third-order valence-electron chi connectivity index (χ3n) is 3.77. The Bertz CT molecular complexity index is 856. The summed E-state index contributed by atoms with van der Waals surface area (Å²) in [6.07, 6.45) is 0. The summed E-state index contributed by atoms with van der Waals surface area (Å²) in [5, 5.41) is 0. The molecular weight excluding hydrogens is 294 g/mol. The lowest BCUT2D eigenvalue weighted by Crippen LogP contribution is -1.89. The number of benzene rings is 3. The molecule has 0 spiro atoms. The molecule has 0 saturated heterocycles. The van der Waals surface area contributed by atoms with Crippen molar-refractivity contribution >= 4 is 17.1 Å². The highest BCUT2D eigenvalue weighted by molar-refractivity contribution is 5.99. The largest absolute Gasteiger partial charge is 0.497 e. The van der Waals surface area contributed by atoms with Gasteiger partial charge in [0.25, 0.3) is 0 Å². The second-order valence-electron chi connectivity index (χ2n) is 5.53. The van der Waals surface area contributed by atoms with Gasteiger partial charge in [-0.1, -0.05) is 48.0 Å². The van der Waals surface area contributed by atoms with Crippen molar-refractivity contribution in [1.82, 2.24) is 0 Å². The fourth-order valence-corrected chi connectivity index (χ4v) is 2.40. The Morgan fingerprint density at radius 1 is 0.792 bits per heavy atom. The molecule has 2 nitrogen and oxygen atoms in total. The topological polar surface area (TPSA) is 21.6 Å². The Morgan fingerprint density at radius 3 is 2.04 bits per heavy atom. The molecule has 24 heavy (non-hydrogen) atoms. The second kappa shape index (κ2) is 7.45. The van der Waals surface area contributed by atoms with Gasteiger partial charge in [-0.25, -0.2) is 4.99 Å². The average molecular weight is 313 g/mol. The molecule has 0 atom stereocenters. The van der Waals surface area contributed by atoms with Crippen LogP contribution in [-0.2, 0) is 0 Å². The van der Waals surface area contributed by atoms with Gasteiger partial charge in [0.2, 0.25) is 0 Å². The molecule has 0 heterocycles. The van der Waals surface area contributed by atoms with Crippen LogP contribution in [0.2, 0.25) is 0 Å². The van der Waals surface area contributed by atoms with E-state index in [0.717, 1.165) is 28.1 Å². The van der Waals surface area contributed by atoms with Crippen molar-refractivity contribution in [3.8, 4) is 5.75 Å². The summed E-state index contributed by atoms with van der Waals surface area (Å²) >= 11 is 0. The van der Waals surface area contributed by atoms with E-state index < -0.39 is 0 Å². The molecule has 0 aliphatic heterocycles. The average Bonchev–Trinajstić information content (AvgIpc) is 2.65. The summed E-state index contributed by atoms with van der Waals surface area (Å²) in [6.45, 7) is 2.07. The second-order valence-corrected chi connectivity index (χ2v) is 5.53. The lowest BCUT2D eigenvalue weighted by molar-refractivity contribution is 0.415. The van der Waals surface area contributed by atoms with Gasteiger partial charge in [0, 0.05) is 0 Å². The fourth-order valence-electron chi connectivity index (χ4n) is 2.40. The van der Waals surface area contributed by atoms with E-state index in [1.165, 1.54) is 5.56 Å². The van der Waals surface area contributed by atoms with Gasteiger partial charge in [-0.05, 0) is 60.3 Å². The first-order chi connectivity index (χ1) is 11.8. The smallest absolute Gasteiger partial charge is 0.118 e. The monoisotopic (exact) mass is 313 g/mol. The minimum absolute atomic E-state index is 0.835. The molecule has 3 rings (SSSR count). The van der Waals surface area contributed by atoms with Gasteiger partial charge in [0.05, 0.1) is 18.4 Å². The number of nitrogens with zero attached hydrogens (tertiary/aromatic N) is 1. The van der Waals surface area contributed by atoms with E-state index in [9.17, 15) is 0 Å².